The van der Waals surface area contributed by atoms with Crippen molar-refractivity contribution in [2.45, 2.75) is 38.8 Å². The maximum absolute atomic E-state index is 12.1. The van der Waals surface area contributed by atoms with E-state index in [9.17, 15) is 4.79 Å². The minimum absolute atomic E-state index is 0. The molecule has 2 saturated heterocycles. The fourth-order valence-electron chi connectivity index (χ4n) is 3.18. The number of rotatable bonds is 5. The van der Waals surface area contributed by atoms with Crippen LogP contribution in [0.5, 0.6) is 0 Å². The van der Waals surface area contributed by atoms with Gasteiger partial charge in [-0.3, -0.25) is 9.69 Å². The Labute approximate surface area is 135 Å². The molecule has 124 valence electrons. The van der Waals surface area contributed by atoms with Crippen LogP contribution in [0.3, 0.4) is 0 Å². The van der Waals surface area contributed by atoms with Crippen LogP contribution in [0, 0.1) is 5.92 Å². The predicted octanol–water partition coefficient (Wildman–Crippen LogP) is 0.548. The number of amides is 1. The zero-order chi connectivity index (χ0) is 14.5. The summed E-state index contributed by atoms with van der Waals surface area (Å²) in [6, 6.07) is 0.490. The Bertz CT molecular complexity index is 313. The first-order valence-electron chi connectivity index (χ1n) is 8.01. The number of piperazine rings is 1. The molecule has 2 aliphatic rings. The number of nitrogens with zero attached hydrogens (tertiary/aromatic N) is 2. The van der Waals surface area contributed by atoms with Crippen molar-refractivity contribution in [1.29, 1.82) is 0 Å². The third kappa shape index (κ3) is 5.40. The van der Waals surface area contributed by atoms with Crippen molar-refractivity contribution in [3.63, 3.8) is 0 Å². The summed E-state index contributed by atoms with van der Waals surface area (Å²) in [5.74, 6) is 0.748. The van der Waals surface area contributed by atoms with Crippen molar-refractivity contribution in [1.82, 2.24) is 20.4 Å². The lowest BCUT2D eigenvalue weighted by Gasteiger charge is -2.40. The van der Waals surface area contributed by atoms with Gasteiger partial charge >= 0.3 is 0 Å². The molecule has 0 bridgehead atoms. The van der Waals surface area contributed by atoms with E-state index in [1.54, 1.807) is 0 Å². The first-order chi connectivity index (χ1) is 9.58. The lowest BCUT2D eigenvalue weighted by Crippen LogP contribution is -2.55. The van der Waals surface area contributed by atoms with Gasteiger partial charge in [0.25, 0.3) is 0 Å². The molecule has 0 aliphatic carbocycles. The average Bonchev–Trinajstić information content (AvgIpc) is 2.94. The second-order valence-electron chi connectivity index (χ2n) is 6.54. The van der Waals surface area contributed by atoms with Crippen molar-refractivity contribution < 1.29 is 4.79 Å². The SMILES string of the molecule is CC(C)C(CNC(=O)C1CCCN1)N1CCN(C)CC1.Cl. The van der Waals surface area contributed by atoms with Crippen molar-refractivity contribution >= 4 is 18.3 Å². The fraction of sp³-hybridized carbons (Fsp3) is 0.933. The van der Waals surface area contributed by atoms with Gasteiger partial charge in [0.1, 0.15) is 0 Å². The minimum atomic E-state index is 0. The minimum Gasteiger partial charge on any atom is -0.353 e. The molecule has 5 nitrogen and oxygen atoms in total. The zero-order valence-corrected chi connectivity index (χ0v) is 14.4. The Morgan fingerprint density at radius 1 is 1.29 bits per heavy atom. The summed E-state index contributed by atoms with van der Waals surface area (Å²) < 4.78 is 0. The third-order valence-electron chi connectivity index (χ3n) is 4.64. The van der Waals surface area contributed by atoms with Crippen LogP contribution in [0.15, 0.2) is 0 Å². The summed E-state index contributed by atoms with van der Waals surface area (Å²) in [7, 11) is 2.18. The lowest BCUT2D eigenvalue weighted by molar-refractivity contribution is -0.123. The first kappa shape index (κ1) is 18.7. The molecule has 21 heavy (non-hydrogen) atoms. The number of hydrogen-bond acceptors (Lipinski definition) is 4. The van der Waals surface area contributed by atoms with Crippen LogP contribution in [0.1, 0.15) is 26.7 Å². The van der Waals surface area contributed by atoms with Crippen LogP contribution < -0.4 is 10.6 Å². The topological polar surface area (TPSA) is 47.6 Å². The molecule has 1 amide bonds. The molecule has 0 aromatic rings. The van der Waals surface area contributed by atoms with Gasteiger partial charge in [0.2, 0.25) is 5.91 Å². The largest absolute Gasteiger partial charge is 0.353 e. The molecular weight excluding hydrogens is 288 g/mol. The monoisotopic (exact) mass is 318 g/mol. The molecule has 2 fully saturated rings. The average molecular weight is 319 g/mol. The molecule has 2 heterocycles. The quantitative estimate of drug-likeness (QED) is 0.777. The standard InChI is InChI=1S/C15H30N4O.ClH/c1-12(2)14(19-9-7-18(3)8-10-19)11-17-15(20)13-5-4-6-16-13;/h12-14,16H,4-11H2,1-3H3,(H,17,20);1H. The highest BCUT2D eigenvalue weighted by Crippen LogP contribution is 2.13. The van der Waals surface area contributed by atoms with Crippen LogP contribution in [0.4, 0.5) is 0 Å². The Balaban J connectivity index is 0.00000220. The van der Waals surface area contributed by atoms with E-state index in [0.29, 0.717) is 12.0 Å². The molecule has 2 atom stereocenters. The fourth-order valence-corrected chi connectivity index (χ4v) is 3.18. The third-order valence-corrected chi connectivity index (χ3v) is 4.64. The van der Waals surface area contributed by atoms with Gasteiger partial charge in [-0.2, -0.15) is 0 Å². The summed E-state index contributed by atoms with van der Waals surface area (Å²) in [5, 5.41) is 6.42. The van der Waals surface area contributed by atoms with E-state index in [0.717, 1.165) is 52.1 Å². The van der Waals surface area contributed by atoms with Crippen LogP contribution in [-0.2, 0) is 4.79 Å². The molecule has 2 rings (SSSR count). The summed E-state index contributed by atoms with van der Waals surface area (Å²) in [6.45, 7) is 10.7. The Kier molecular flexibility index (Phi) is 7.95. The van der Waals surface area contributed by atoms with Crippen molar-refractivity contribution in [3.05, 3.63) is 0 Å². The van der Waals surface area contributed by atoms with E-state index in [4.69, 9.17) is 0 Å². The highest BCUT2D eigenvalue weighted by Gasteiger charge is 2.27. The summed E-state index contributed by atoms with van der Waals surface area (Å²) in [5.41, 5.74) is 0. The van der Waals surface area contributed by atoms with E-state index in [1.807, 2.05) is 0 Å². The maximum atomic E-state index is 12.1. The summed E-state index contributed by atoms with van der Waals surface area (Å²) in [4.78, 5) is 17.0. The smallest absolute Gasteiger partial charge is 0.237 e. The van der Waals surface area contributed by atoms with Gasteiger partial charge in [0.05, 0.1) is 6.04 Å². The highest BCUT2D eigenvalue weighted by atomic mass is 35.5. The molecule has 0 spiro atoms. The van der Waals surface area contributed by atoms with Gasteiger partial charge < -0.3 is 15.5 Å². The van der Waals surface area contributed by atoms with Crippen LogP contribution in [-0.4, -0.2) is 74.1 Å². The molecule has 6 heteroatoms. The number of nitrogens with one attached hydrogen (secondary N) is 2. The molecule has 2 N–H and O–H groups in total. The Morgan fingerprint density at radius 2 is 1.95 bits per heavy atom. The second-order valence-corrected chi connectivity index (χ2v) is 6.54. The number of carbonyl (C=O) groups is 1. The molecule has 0 saturated carbocycles. The molecule has 2 aliphatic heterocycles. The van der Waals surface area contributed by atoms with Crippen LogP contribution >= 0.6 is 12.4 Å². The summed E-state index contributed by atoms with van der Waals surface area (Å²) >= 11 is 0. The Hall–Kier alpha value is -0.360. The number of carbonyl (C=O) groups excluding carboxylic acids is 1. The maximum Gasteiger partial charge on any atom is 0.237 e. The van der Waals surface area contributed by atoms with Gasteiger partial charge in [-0.1, -0.05) is 13.8 Å². The molecule has 2 unspecified atom stereocenters. The number of halogens is 1. The molecule has 0 aromatic carbocycles. The van der Waals surface area contributed by atoms with E-state index in [2.05, 4.69) is 41.3 Å². The van der Waals surface area contributed by atoms with Crippen LogP contribution in [0.25, 0.3) is 0 Å². The predicted molar refractivity (Wildman–Crippen MR) is 89.0 cm³/mol. The van der Waals surface area contributed by atoms with Gasteiger partial charge in [-0.05, 0) is 32.4 Å². The Morgan fingerprint density at radius 3 is 2.48 bits per heavy atom. The number of hydrogen-bond donors (Lipinski definition) is 2. The van der Waals surface area contributed by atoms with Gasteiger partial charge in [-0.15, -0.1) is 12.4 Å². The lowest BCUT2D eigenvalue weighted by atomic mass is 10.0. The van der Waals surface area contributed by atoms with Crippen molar-refractivity contribution in [2.24, 2.45) is 5.92 Å². The molecular formula is C15H31ClN4O. The molecule has 0 radical (unpaired) electrons. The van der Waals surface area contributed by atoms with Gasteiger partial charge in [0, 0.05) is 38.8 Å². The zero-order valence-electron chi connectivity index (χ0n) is 13.6. The van der Waals surface area contributed by atoms with Gasteiger partial charge in [0.15, 0.2) is 0 Å². The van der Waals surface area contributed by atoms with E-state index in [1.165, 1.54) is 0 Å². The normalized spacial score (nSPS) is 25.6. The van der Waals surface area contributed by atoms with Gasteiger partial charge in [-0.25, -0.2) is 0 Å². The van der Waals surface area contributed by atoms with Crippen LogP contribution in [0.2, 0.25) is 0 Å². The van der Waals surface area contributed by atoms with E-state index in [-0.39, 0.29) is 24.4 Å². The first-order valence-corrected chi connectivity index (χ1v) is 8.01. The van der Waals surface area contributed by atoms with Crippen molar-refractivity contribution in [2.75, 3.05) is 46.3 Å². The number of likely N-dealkylation sites (N-methyl/N-ethyl adjacent to an activating group) is 1. The van der Waals surface area contributed by atoms with E-state index < -0.39 is 0 Å². The molecule has 0 aromatic heterocycles. The second kappa shape index (κ2) is 8.93. The van der Waals surface area contributed by atoms with Crippen molar-refractivity contribution in [3.8, 4) is 0 Å². The summed E-state index contributed by atoms with van der Waals surface area (Å²) in [6.07, 6.45) is 2.09. The highest BCUT2D eigenvalue weighted by molar-refractivity contribution is 5.85. The van der Waals surface area contributed by atoms with E-state index >= 15 is 0 Å².